The van der Waals surface area contributed by atoms with E-state index in [4.69, 9.17) is 5.73 Å². The summed E-state index contributed by atoms with van der Waals surface area (Å²) in [6.07, 6.45) is 5.41. The van der Waals surface area contributed by atoms with Crippen molar-refractivity contribution in [3.05, 3.63) is 61.1 Å². The summed E-state index contributed by atoms with van der Waals surface area (Å²) >= 11 is 1.49. The van der Waals surface area contributed by atoms with Gasteiger partial charge in [0.1, 0.15) is 0 Å². The van der Waals surface area contributed by atoms with Crippen LogP contribution in [0.3, 0.4) is 0 Å². The van der Waals surface area contributed by atoms with Crippen molar-refractivity contribution in [1.82, 2.24) is 15.0 Å². The first-order valence-electron chi connectivity index (χ1n) is 6.83. The predicted octanol–water partition coefficient (Wildman–Crippen LogP) is 4.00. The molecule has 0 radical (unpaired) electrons. The number of fused-ring (bicyclic) bond motifs is 1. The molecule has 0 aliphatic rings. The molecule has 106 valence electrons. The molecule has 4 nitrogen and oxygen atoms in total. The molecule has 0 atom stereocenters. The Morgan fingerprint density at radius 1 is 0.955 bits per heavy atom. The van der Waals surface area contributed by atoms with Crippen LogP contribution in [0.2, 0.25) is 0 Å². The number of hydrogen-bond donors (Lipinski definition) is 1. The standard InChI is InChI=1S/C17H12N4S/c18-17-21-15-9-12(11-4-3-6-19-10-11)8-13(16(15)22-17)14-5-1-2-7-20-14/h1-10H,(H2,18,21). The zero-order valence-electron chi connectivity index (χ0n) is 11.6. The topological polar surface area (TPSA) is 64.7 Å². The van der Waals surface area contributed by atoms with Crippen molar-refractivity contribution in [3.63, 3.8) is 0 Å². The van der Waals surface area contributed by atoms with Crippen LogP contribution in [0.25, 0.3) is 32.6 Å². The lowest BCUT2D eigenvalue weighted by Crippen LogP contribution is -1.86. The van der Waals surface area contributed by atoms with Gasteiger partial charge in [0.2, 0.25) is 0 Å². The van der Waals surface area contributed by atoms with Crippen molar-refractivity contribution in [3.8, 4) is 22.4 Å². The number of thiazole rings is 1. The molecule has 0 saturated carbocycles. The van der Waals surface area contributed by atoms with E-state index in [-0.39, 0.29) is 0 Å². The van der Waals surface area contributed by atoms with Crippen molar-refractivity contribution in [2.75, 3.05) is 5.73 Å². The molecule has 4 aromatic rings. The fourth-order valence-electron chi connectivity index (χ4n) is 2.46. The molecule has 3 heterocycles. The second-order valence-electron chi connectivity index (χ2n) is 4.88. The SMILES string of the molecule is Nc1nc2cc(-c3cccnc3)cc(-c3ccccn3)c2s1. The molecular formula is C17H12N4S. The molecule has 0 fully saturated rings. The van der Waals surface area contributed by atoms with Crippen LogP contribution in [0, 0.1) is 0 Å². The minimum Gasteiger partial charge on any atom is -0.375 e. The average Bonchev–Trinajstić information content (AvgIpc) is 2.95. The van der Waals surface area contributed by atoms with E-state index in [1.807, 2.05) is 42.6 Å². The number of pyridine rings is 2. The maximum Gasteiger partial charge on any atom is 0.181 e. The average molecular weight is 304 g/mol. The van der Waals surface area contributed by atoms with Crippen molar-refractivity contribution in [1.29, 1.82) is 0 Å². The molecule has 0 amide bonds. The van der Waals surface area contributed by atoms with Crippen LogP contribution >= 0.6 is 11.3 Å². The Hall–Kier alpha value is -2.79. The van der Waals surface area contributed by atoms with Crippen molar-refractivity contribution in [2.45, 2.75) is 0 Å². The highest BCUT2D eigenvalue weighted by atomic mass is 32.1. The van der Waals surface area contributed by atoms with Crippen LogP contribution in [-0.2, 0) is 0 Å². The molecule has 0 bridgehead atoms. The van der Waals surface area contributed by atoms with Gasteiger partial charge in [-0.15, -0.1) is 0 Å². The van der Waals surface area contributed by atoms with Gasteiger partial charge in [0.05, 0.1) is 15.9 Å². The van der Waals surface area contributed by atoms with E-state index in [2.05, 4.69) is 21.0 Å². The van der Waals surface area contributed by atoms with E-state index >= 15 is 0 Å². The largest absolute Gasteiger partial charge is 0.375 e. The third-order valence-electron chi connectivity index (χ3n) is 3.44. The van der Waals surface area contributed by atoms with Crippen molar-refractivity contribution < 1.29 is 0 Å². The Kier molecular flexibility index (Phi) is 3.05. The van der Waals surface area contributed by atoms with Crippen LogP contribution in [0.1, 0.15) is 0 Å². The number of nitrogens with zero attached hydrogens (tertiary/aromatic N) is 3. The summed E-state index contributed by atoms with van der Waals surface area (Å²) in [6, 6.07) is 14.0. The molecule has 5 heteroatoms. The lowest BCUT2D eigenvalue weighted by Gasteiger charge is -2.06. The van der Waals surface area contributed by atoms with Gasteiger partial charge in [-0.2, -0.15) is 0 Å². The summed E-state index contributed by atoms with van der Waals surface area (Å²) in [5.74, 6) is 0. The molecule has 3 aromatic heterocycles. The minimum absolute atomic E-state index is 0.565. The van der Waals surface area contributed by atoms with Crippen LogP contribution in [0.4, 0.5) is 5.13 Å². The summed E-state index contributed by atoms with van der Waals surface area (Å²) in [5.41, 5.74) is 10.9. The quantitative estimate of drug-likeness (QED) is 0.608. The third-order valence-corrected chi connectivity index (χ3v) is 4.38. The molecule has 0 unspecified atom stereocenters. The van der Waals surface area contributed by atoms with Gasteiger partial charge in [0.25, 0.3) is 0 Å². The third kappa shape index (κ3) is 2.21. The van der Waals surface area contributed by atoms with Gasteiger partial charge < -0.3 is 5.73 Å². The van der Waals surface area contributed by atoms with Crippen LogP contribution in [0.15, 0.2) is 61.1 Å². The van der Waals surface area contributed by atoms with E-state index in [0.717, 1.165) is 32.6 Å². The highest BCUT2D eigenvalue weighted by Crippen LogP contribution is 2.36. The summed E-state index contributed by atoms with van der Waals surface area (Å²) in [5, 5.41) is 0.565. The van der Waals surface area contributed by atoms with Gasteiger partial charge in [-0.25, -0.2) is 4.98 Å². The molecule has 4 rings (SSSR count). The number of rotatable bonds is 2. The summed E-state index contributed by atoms with van der Waals surface area (Å²) in [6.45, 7) is 0. The number of nitrogen functional groups attached to an aromatic ring is 1. The van der Waals surface area contributed by atoms with Crippen molar-refractivity contribution >= 4 is 26.7 Å². The van der Waals surface area contributed by atoms with Gasteiger partial charge in [0, 0.05) is 29.7 Å². The number of nitrogens with two attached hydrogens (primary N) is 1. The molecule has 0 saturated heterocycles. The Morgan fingerprint density at radius 2 is 1.91 bits per heavy atom. The van der Waals surface area contributed by atoms with Crippen LogP contribution in [0.5, 0.6) is 0 Å². The van der Waals surface area contributed by atoms with E-state index < -0.39 is 0 Å². The van der Waals surface area contributed by atoms with E-state index in [1.54, 1.807) is 12.4 Å². The van der Waals surface area contributed by atoms with Crippen LogP contribution < -0.4 is 5.73 Å². The fourth-order valence-corrected chi connectivity index (χ4v) is 3.30. The Bertz CT molecular complexity index is 933. The summed E-state index contributed by atoms with van der Waals surface area (Å²) in [4.78, 5) is 13.1. The predicted molar refractivity (Wildman–Crippen MR) is 90.5 cm³/mol. The van der Waals surface area contributed by atoms with Gasteiger partial charge in [-0.05, 0) is 35.9 Å². The summed E-state index contributed by atoms with van der Waals surface area (Å²) < 4.78 is 1.06. The minimum atomic E-state index is 0.565. The smallest absolute Gasteiger partial charge is 0.181 e. The highest BCUT2D eigenvalue weighted by Gasteiger charge is 2.12. The van der Waals surface area contributed by atoms with Gasteiger partial charge in [0.15, 0.2) is 5.13 Å². The fraction of sp³-hybridized carbons (Fsp3) is 0. The van der Waals surface area contributed by atoms with Gasteiger partial charge >= 0.3 is 0 Å². The molecular weight excluding hydrogens is 292 g/mol. The molecule has 2 N–H and O–H groups in total. The maximum absolute atomic E-state index is 5.90. The monoisotopic (exact) mass is 304 g/mol. The number of anilines is 1. The Balaban J connectivity index is 2.02. The van der Waals surface area contributed by atoms with E-state index in [9.17, 15) is 0 Å². The number of hydrogen-bond acceptors (Lipinski definition) is 5. The Morgan fingerprint density at radius 3 is 2.68 bits per heavy atom. The van der Waals surface area contributed by atoms with E-state index in [1.165, 1.54) is 11.3 Å². The zero-order chi connectivity index (χ0) is 14.9. The number of benzene rings is 1. The first-order chi connectivity index (χ1) is 10.8. The molecule has 0 aliphatic carbocycles. The zero-order valence-corrected chi connectivity index (χ0v) is 12.4. The number of aromatic nitrogens is 3. The normalized spacial score (nSPS) is 10.9. The lowest BCUT2D eigenvalue weighted by molar-refractivity contribution is 1.32. The molecule has 22 heavy (non-hydrogen) atoms. The molecule has 0 spiro atoms. The van der Waals surface area contributed by atoms with Crippen molar-refractivity contribution in [2.24, 2.45) is 0 Å². The first-order valence-corrected chi connectivity index (χ1v) is 7.65. The molecule has 1 aromatic carbocycles. The highest BCUT2D eigenvalue weighted by molar-refractivity contribution is 7.22. The van der Waals surface area contributed by atoms with Gasteiger partial charge in [-0.3, -0.25) is 9.97 Å². The maximum atomic E-state index is 5.90. The van der Waals surface area contributed by atoms with E-state index in [0.29, 0.717) is 5.13 Å². The molecule has 0 aliphatic heterocycles. The second kappa shape index (κ2) is 5.20. The van der Waals surface area contributed by atoms with Crippen LogP contribution in [-0.4, -0.2) is 15.0 Å². The summed E-state index contributed by atoms with van der Waals surface area (Å²) in [7, 11) is 0. The first kappa shape index (κ1) is 12.9. The second-order valence-corrected chi connectivity index (χ2v) is 5.91. The lowest BCUT2D eigenvalue weighted by atomic mass is 10.0. The van der Waals surface area contributed by atoms with Gasteiger partial charge in [-0.1, -0.05) is 23.5 Å². The Labute approximate surface area is 131 Å².